The predicted octanol–water partition coefficient (Wildman–Crippen LogP) is 2.33. The molecule has 0 spiro atoms. The number of halogens is 4. The van der Waals surface area contributed by atoms with Crippen LogP contribution in [0, 0.1) is 12.7 Å². The minimum Gasteiger partial charge on any atom is -0.481 e. The van der Waals surface area contributed by atoms with Crippen molar-refractivity contribution in [3.05, 3.63) is 35.1 Å². The van der Waals surface area contributed by atoms with E-state index in [0.717, 1.165) is 5.56 Å². The summed E-state index contributed by atoms with van der Waals surface area (Å²) in [6.45, 7) is 2.59. The number of carboxylic acid groups (broad SMARTS) is 2. The molecule has 0 saturated carbocycles. The van der Waals surface area contributed by atoms with Crippen LogP contribution < -0.4 is 5.32 Å². The first-order valence-corrected chi connectivity index (χ1v) is 6.01. The minimum absolute atomic E-state index is 0.0777. The first-order chi connectivity index (χ1) is 10.0. The number of hydrogen-bond acceptors (Lipinski definition) is 3. The smallest absolute Gasteiger partial charge is 0.481 e. The normalized spacial score (nSPS) is 10.6. The third-order valence-corrected chi connectivity index (χ3v) is 2.32. The molecule has 0 aliphatic carbocycles. The van der Waals surface area contributed by atoms with E-state index >= 15 is 0 Å². The molecule has 0 radical (unpaired) electrons. The summed E-state index contributed by atoms with van der Waals surface area (Å²) in [6.07, 6.45) is -5.01. The molecule has 1 aromatic rings. The molecule has 124 valence electrons. The first kappa shape index (κ1) is 19.8. The summed E-state index contributed by atoms with van der Waals surface area (Å²) >= 11 is 0. The van der Waals surface area contributed by atoms with E-state index in [9.17, 15) is 22.4 Å². The Bertz CT molecular complexity index is 517. The average Bonchev–Trinajstić information content (AvgIpc) is 2.38. The van der Waals surface area contributed by atoms with Crippen molar-refractivity contribution in [3.8, 4) is 0 Å². The van der Waals surface area contributed by atoms with Gasteiger partial charge in [-0.05, 0) is 24.1 Å². The number of benzene rings is 1. The standard InChI is InChI=1S/C11H14FNO2.C2HF3O2/c1-8-2-3-9(6-10(8)12)7-13-5-4-11(14)15;3-2(4,5)1(6)7/h2-3,6,13H,4-5,7H2,1H3,(H,14,15);(H,6,7). The minimum atomic E-state index is -5.08. The second-order valence-electron chi connectivity index (χ2n) is 4.21. The third kappa shape index (κ3) is 8.90. The number of rotatable bonds is 5. The Kier molecular flexibility index (Phi) is 8.10. The van der Waals surface area contributed by atoms with Crippen molar-refractivity contribution in [2.45, 2.75) is 26.1 Å². The number of carboxylic acids is 2. The van der Waals surface area contributed by atoms with Crippen LogP contribution in [0.3, 0.4) is 0 Å². The van der Waals surface area contributed by atoms with Gasteiger partial charge in [0.25, 0.3) is 0 Å². The lowest BCUT2D eigenvalue weighted by Gasteiger charge is -2.04. The number of aryl methyl sites for hydroxylation is 1. The highest BCUT2D eigenvalue weighted by molar-refractivity contribution is 5.73. The highest BCUT2D eigenvalue weighted by Crippen LogP contribution is 2.13. The van der Waals surface area contributed by atoms with Crippen molar-refractivity contribution in [1.82, 2.24) is 5.32 Å². The highest BCUT2D eigenvalue weighted by atomic mass is 19.4. The summed E-state index contributed by atoms with van der Waals surface area (Å²) in [6, 6.07) is 5.00. The largest absolute Gasteiger partial charge is 0.490 e. The Hall–Kier alpha value is -2.16. The summed E-state index contributed by atoms with van der Waals surface area (Å²) in [7, 11) is 0. The SMILES string of the molecule is Cc1ccc(CNCCC(=O)O)cc1F.O=C(O)C(F)(F)F. The zero-order chi connectivity index (χ0) is 17.3. The monoisotopic (exact) mass is 325 g/mol. The zero-order valence-electron chi connectivity index (χ0n) is 11.6. The molecule has 0 bridgehead atoms. The van der Waals surface area contributed by atoms with Crippen molar-refractivity contribution in [1.29, 1.82) is 0 Å². The van der Waals surface area contributed by atoms with Gasteiger partial charge in [0.1, 0.15) is 5.82 Å². The lowest BCUT2D eigenvalue weighted by atomic mass is 10.1. The molecule has 22 heavy (non-hydrogen) atoms. The summed E-state index contributed by atoms with van der Waals surface area (Å²) in [4.78, 5) is 19.1. The average molecular weight is 325 g/mol. The second kappa shape index (κ2) is 8.98. The molecule has 3 N–H and O–H groups in total. The number of carbonyl (C=O) groups is 2. The summed E-state index contributed by atoms with van der Waals surface area (Å²) in [5, 5.41) is 18.4. The van der Waals surface area contributed by atoms with Crippen molar-refractivity contribution >= 4 is 11.9 Å². The summed E-state index contributed by atoms with van der Waals surface area (Å²) in [5.74, 6) is -3.82. The second-order valence-corrected chi connectivity index (χ2v) is 4.21. The van der Waals surface area contributed by atoms with E-state index in [1.54, 1.807) is 13.0 Å². The molecule has 1 aromatic carbocycles. The van der Waals surface area contributed by atoms with Gasteiger partial charge in [-0.25, -0.2) is 9.18 Å². The molecular formula is C13H15F4NO4. The number of nitrogens with one attached hydrogen (secondary N) is 1. The van der Waals surface area contributed by atoms with E-state index in [1.807, 2.05) is 6.07 Å². The molecule has 0 aliphatic rings. The van der Waals surface area contributed by atoms with E-state index in [-0.39, 0.29) is 12.2 Å². The van der Waals surface area contributed by atoms with Gasteiger partial charge < -0.3 is 15.5 Å². The van der Waals surface area contributed by atoms with E-state index < -0.39 is 18.1 Å². The van der Waals surface area contributed by atoms with Crippen molar-refractivity contribution in [2.75, 3.05) is 6.54 Å². The van der Waals surface area contributed by atoms with Crippen LogP contribution in [-0.4, -0.2) is 34.9 Å². The molecule has 1 rings (SSSR count). The molecule has 0 saturated heterocycles. The van der Waals surface area contributed by atoms with Crippen molar-refractivity contribution < 1.29 is 37.4 Å². The van der Waals surface area contributed by atoms with Crippen LogP contribution in [0.5, 0.6) is 0 Å². The zero-order valence-corrected chi connectivity index (χ0v) is 11.6. The molecule has 9 heteroatoms. The Morgan fingerprint density at radius 3 is 2.18 bits per heavy atom. The summed E-state index contributed by atoms with van der Waals surface area (Å²) < 4.78 is 44.8. The van der Waals surface area contributed by atoms with Crippen LogP contribution >= 0.6 is 0 Å². The highest BCUT2D eigenvalue weighted by Gasteiger charge is 2.38. The Morgan fingerprint density at radius 1 is 1.23 bits per heavy atom. The molecule has 0 unspecified atom stereocenters. The molecule has 0 atom stereocenters. The molecule has 0 fully saturated rings. The van der Waals surface area contributed by atoms with E-state index in [0.29, 0.717) is 18.7 Å². The van der Waals surface area contributed by atoms with Gasteiger partial charge in [-0.2, -0.15) is 13.2 Å². The molecular weight excluding hydrogens is 310 g/mol. The molecule has 5 nitrogen and oxygen atoms in total. The Morgan fingerprint density at radius 2 is 1.77 bits per heavy atom. The van der Waals surface area contributed by atoms with Crippen LogP contribution in [0.1, 0.15) is 17.5 Å². The van der Waals surface area contributed by atoms with Crippen molar-refractivity contribution in [2.24, 2.45) is 0 Å². The Labute approximate surface area is 123 Å². The van der Waals surface area contributed by atoms with E-state index in [2.05, 4.69) is 5.32 Å². The van der Waals surface area contributed by atoms with Gasteiger partial charge >= 0.3 is 18.1 Å². The molecule has 0 aliphatic heterocycles. The van der Waals surface area contributed by atoms with Gasteiger partial charge in [-0.15, -0.1) is 0 Å². The number of aliphatic carboxylic acids is 2. The third-order valence-electron chi connectivity index (χ3n) is 2.32. The maximum Gasteiger partial charge on any atom is 0.490 e. The quantitative estimate of drug-likeness (QED) is 0.571. The van der Waals surface area contributed by atoms with Gasteiger partial charge in [0.2, 0.25) is 0 Å². The predicted molar refractivity (Wildman–Crippen MR) is 68.8 cm³/mol. The topological polar surface area (TPSA) is 86.6 Å². The van der Waals surface area contributed by atoms with Crippen LogP contribution in [0.25, 0.3) is 0 Å². The lowest BCUT2D eigenvalue weighted by molar-refractivity contribution is -0.192. The molecule has 0 aromatic heterocycles. The first-order valence-electron chi connectivity index (χ1n) is 6.01. The van der Waals surface area contributed by atoms with Gasteiger partial charge in [0.05, 0.1) is 6.42 Å². The van der Waals surface area contributed by atoms with Crippen LogP contribution in [0.4, 0.5) is 17.6 Å². The van der Waals surface area contributed by atoms with E-state index in [1.165, 1.54) is 6.07 Å². The van der Waals surface area contributed by atoms with Crippen molar-refractivity contribution in [3.63, 3.8) is 0 Å². The number of alkyl halides is 3. The summed E-state index contributed by atoms with van der Waals surface area (Å²) in [5.41, 5.74) is 1.44. The maximum absolute atomic E-state index is 13.1. The lowest BCUT2D eigenvalue weighted by Crippen LogP contribution is -2.21. The van der Waals surface area contributed by atoms with E-state index in [4.69, 9.17) is 15.0 Å². The number of hydrogen-bond donors (Lipinski definition) is 3. The fraction of sp³-hybridized carbons (Fsp3) is 0.385. The van der Waals surface area contributed by atoms with Crippen LogP contribution in [-0.2, 0) is 16.1 Å². The maximum atomic E-state index is 13.1. The molecule has 0 heterocycles. The van der Waals surface area contributed by atoms with Gasteiger partial charge in [-0.1, -0.05) is 12.1 Å². The van der Waals surface area contributed by atoms with Crippen LogP contribution in [0.2, 0.25) is 0 Å². The van der Waals surface area contributed by atoms with Gasteiger partial charge in [0.15, 0.2) is 0 Å². The molecule has 0 amide bonds. The van der Waals surface area contributed by atoms with Gasteiger partial charge in [-0.3, -0.25) is 4.79 Å². The fourth-order valence-electron chi connectivity index (χ4n) is 1.17. The van der Waals surface area contributed by atoms with Gasteiger partial charge in [0, 0.05) is 13.1 Å². The Balaban J connectivity index is 0.000000534. The van der Waals surface area contributed by atoms with Crippen LogP contribution in [0.15, 0.2) is 18.2 Å². The fourth-order valence-corrected chi connectivity index (χ4v) is 1.17.